The molecule has 0 aliphatic heterocycles. The van der Waals surface area contributed by atoms with Gasteiger partial charge >= 0.3 is 0 Å². The van der Waals surface area contributed by atoms with Crippen molar-refractivity contribution in [2.45, 2.75) is 19.3 Å². The molecule has 0 bridgehead atoms. The number of fused-ring (bicyclic) bond motifs is 12. The van der Waals surface area contributed by atoms with Crippen molar-refractivity contribution in [3.63, 3.8) is 0 Å². The lowest BCUT2D eigenvalue weighted by Crippen LogP contribution is -2.14. The molecular formula is C55H36O. The number of furan rings is 1. The van der Waals surface area contributed by atoms with Gasteiger partial charge in [0.05, 0.1) is 0 Å². The topological polar surface area (TPSA) is 13.1 Å². The molecule has 12 rings (SSSR count). The third kappa shape index (κ3) is 4.37. The number of benzene rings is 10. The highest BCUT2D eigenvalue weighted by molar-refractivity contribution is 6.22. The highest BCUT2D eigenvalue weighted by Gasteiger charge is 2.38. The average molecular weight is 713 g/mol. The maximum Gasteiger partial charge on any atom is 0.143 e. The Morgan fingerprint density at radius 2 is 0.857 bits per heavy atom. The van der Waals surface area contributed by atoms with Gasteiger partial charge in [0.1, 0.15) is 11.2 Å². The monoisotopic (exact) mass is 712 g/mol. The summed E-state index contributed by atoms with van der Waals surface area (Å²) in [5.74, 6) is 0. The summed E-state index contributed by atoms with van der Waals surface area (Å²) in [5, 5.41) is 12.4. The van der Waals surface area contributed by atoms with Crippen LogP contribution in [0.4, 0.5) is 0 Å². The van der Waals surface area contributed by atoms with Gasteiger partial charge in [0.25, 0.3) is 0 Å². The molecule has 1 aliphatic rings. The summed E-state index contributed by atoms with van der Waals surface area (Å²) < 4.78 is 6.85. The molecule has 0 saturated heterocycles. The average Bonchev–Trinajstić information content (AvgIpc) is 3.74. The second-order valence-corrected chi connectivity index (χ2v) is 16.0. The molecular weight excluding hydrogens is 677 g/mol. The van der Waals surface area contributed by atoms with Gasteiger partial charge in [-0.1, -0.05) is 172 Å². The van der Waals surface area contributed by atoms with Crippen LogP contribution in [0.15, 0.2) is 186 Å². The lowest BCUT2D eigenvalue weighted by Gasteiger charge is -2.21. The Morgan fingerprint density at radius 1 is 0.321 bits per heavy atom. The number of hydrogen-bond acceptors (Lipinski definition) is 1. The van der Waals surface area contributed by atoms with Crippen LogP contribution in [0, 0.1) is 0 Å². The van der Waals surface area contributed by atoms with Gasteiger partial charge in [0, 0.05) is 21.8 Å². The standard InChI is InChI=1S/C55H36O/c1-55(2)47-27-24-34-13-5-6-17-40(34)52(47)53-48(55)28-26-45-46-32-37(25-29-49(46)56-54(45)53)36-15-11-16-38(31-36)50-41-18-7-9-20-43(41)51(44-21-10-8-19-42(44)50)39-23-22-33-12-3-4-14-35(33)30-39/h3-32H,1-2H3. The maximum atomic E-state index is 6.85. The van der Waals surface area contributed by atoms with Gasteiger partial charge in [-0.05, 0) is 117 Å². The molecule has 0 atom stereocenters. The molecule has 0 radical (unpaired) electrons. The molecule has 262 valence electrons. The quantitative estimate of drug-likeness (QED) is 0.166. The third-order valence-electron chi connectivity index (χ3n) is 12.6. The summed E-state index contributed by atoms with van der Waals surface area (Å²) in [4.78, 5) is 0. The van der Waals surface area contributed by atoms with Crippen molar-refractivity contribution in [3.8, 4) is 44.5 Å². The SMILES string of the molecule is CC1(C)c2ccc3ccccc3c2-c2c1ccc1c2oc2ccc(-c3cccc(-c4c5ccccc5c(-c5ccc6ccccc6c5)c5ccccc45)c3)cc21. The molecule has 10 aromatic carbocycles. The predicted octanol–water partition coefficient (Wildman–Crippen LogP) is 15.5. The zero-order valence-electron chi connectivity index (χ0n) is 31.2. The summed E-state index contributed by atoms with van der Waals surface area (Å²) >= 11 is 0. The van der Waals surface area contributed by atoms with Gasteiger partial charge in [-0.15, -0.1) is 0 Å². The Bertz CT molecular complexity index is 3390. The van der Waals surface area contributed by atoms with E-state index in [1.807, 2.05) is 0 Å². The van der Waals surface area contributed by atoms with E-state index >= 15 is 0 Å². The normalized spacial score (nSPS) is 13.3. The van der Waals surface area contributed by atoms with Gasteiger partial charge in [0.2, 0.25) is 0 Å². The zero-order valence-corrected chi connectivity index (χ0v) is 31.2. The van der Waals surface area contributed by atoms with E-state index in [2.05, 4.69) is 196 Å². The van der Waals surface area contributed by atoms with Crippen LogP contribution in [0.5, 0.6) is 0 Å². The predicted molar refractivity (Wildman–Crippen MR) is 238 cm³/mol. The van der Waals surface area contributed by atoms with E-state index in [0.717, 1.165) is 21.9 Å². The van der Waals surface area contributed by atoms with Crippen LogP contribution in [0.2, 0.25) is 0 Å². The van der Waals surface area contributed by atoms with E-state index in [0.29, 0.717) is 0 Å². The summed E-state index contributed by atoms with van der Waals surface area (Å²) in [7, 11) is 0. The van der Waals surface area contributed by atoms with E-state index in [9.17, 15) is 0 Å². The first-order chi connectivity index (χ1) is 27.5. The Morgan fingerprint density at radius 3 is 1.59 bits per heavy atom. The fourth-order valence-electron chi connectivity index (χ4n) is 9.95. The molecule has 0 unspecified atom stereocenters. The van der Waals surface area contributed by atoms with Gasteiger partial charge in [-0.3, -0.25) is 0 Å². The molecule has 0 amide bonds. The van der Waals surface area contributed by atoms with Crippen LogP contribution in [0.25, 0.3) is 110 Å². The van der Waals surface area contributed by atoms with Crippen molar-refractivity contribution < 1.29 is 4.42 Å². The first-order valence-electron chi connectivity index (χ1n) is 19.6. The highest BCUT2D eigenvalue weighted by Crippen LogP contribution is 2.55. The fourth-order valence-corrected chi connectivity index (χ4v) is 9.95. The molecule has 56 heavy (non-hydrogen) atoms. The summed E-state index contributed by atoms with van der Waals surface area (Å²) in [6, 6.07) is 67.1. The lowest BCUT2D eigenvalue weighted by molar-refractivity contribution is 0.653. The molecule has 1 nitrogen and oxygen atoms in total. The van der Waals surface area contributed by atoms with Gasteiger partial charge in [-0.25, -0.2) is 0 Å². The lowest BCUT2D eigenvalue weighted by atomic mass is 9.82. The summed E-state index contributed by atoms with van der Waals surface area (Å²) in [5.41, 5.74) is 14.4. The van der Waals surface area contributed by atoms with E-state index < -0.39 is 0 Å². The van der Waals surface area contributed by atoms with Crippen LogP contribution in [0.1, 0.15) is 25.0 Å². The Kier molecular flexibility index (Phi) is 6.46. The van der Waals surface area contributed by atoms with Crippen LogP contribution in [-0.4, -0.2) is 0 Å². The van der Waals surface area contributed by atoms with E-state index in [-0.39, 0.29) is 5.41 Å². The first kappa shape index (κ1) is 31.4. The Labute approximate surface area is 325 Å². The second-order valence-electron chi connectivity index (χ2n) is 16.0. The molecule has 1 heteroatoms. The molecule has 1 aromatic heterocycles. The van der Waals surface area contributed by atoms with E-state index in [4.69, 9.17) is 4.42 Å². The highest BCUT2D eigenvalue weighted by atomic mass is 16.3. The summed E-state index contributed by atoms with van der Waals surface area (Å²) in [6.45, 7) is 4.69. The van der Waals surface area contributed by atoms with E-state index in [1.165, 1.54) is 98.7 Å². The minimum absolute atomic E-state index is 0.116. The Hall–Kier alpha value is -6.96. The van der Waals surface area contributed by atoms with Gasteiger partial charge in [0.15, 0.2) is 0 Å². The molecule has 0 spiro atoms. The minimum Gasteiger partial charge on any atom is -0.455 e. The number of hydrogen-bond donors (Lipinski definition) is 0. The van der Waals surface area contributed by atoms with Crippen molar-refractivity contribution in [2.75, 3.05) is 0 Å². The van der Waals surface area contributed by atoms with Crippen LogP contribution in [-0.2, 0) is 5.41 Å². The molecule has 0 N–H and O–H groups in total. The van der Waals surface area contributed by atoms with Crippen molar-refractivity contribution >= 4 is 65.0 Å². The van der Waals surface area contributed by atoms with Crippen molar-refractivity contribution in [3.05, 3.63) is 193 Å². The third-order valence-corrected chi connectivity index (χ3v) is 12.6. The minimum atomic E-state index is -0.116. The molecule has 11 aromatic rings. The fraction of sp³-hybridized carbons (Fsp3) is 0.0545. The smallest absolute Gasteiger partial charge is 0.143 e. The molecule has 0 fully saturated rings. The van der Waals surface area contributed by atoms with Crippen molar-refractivity contribution in [2.24, 2.45) is 0 Å². The largest absolute Gasteiger partial charge is 0.455 e. The Balaban J connectivity index is 1.04. The van der Waals surface area contributed by atoms with Gasteiger partial charge in [-0.2, -0.15) is 0 Å². The van der Waals surface area contributed by atoms with Crippen molar-refractivity contribution in [1.29, 1.82) is 0 Å². The number of rotatable bonds is 3. The summed E-state index contributed by atoms with van der Waals surface area (Å²) in [6.07, 6.45) is 0. The zero-order chi connectivity index (χ0) is 37.1. The van der Waals surface area contributed by atoms with Gasteiger partial charge < -0.3 is 4.42 Å². The van der Waals surface area contributed by atoms with Crippen LogP contribution in [0.3, 0.4) is 0 Å². The van der Waals surface area contributed by atoms with E-state index in [1.54, 1.807) is 0 Å². The molecule has 1 heterocycles. The maximum absolute atomic E-state index is 6.85. The van der Waals surface area contributed by atoms with Crippen LogP contribution < -0.4 is 0 Å². The molecule has 1 aliphatic carbocycles. The second kappa shape index (κ2) is 11.5. The van der Waals surface area contributed by atoms with Crippen LogP contribution >= 0.6 is 0 Å². The van der Waals surface area contributed by atoms with Crippen molar-refractivity contribution in [1.82, 2.24) is 0 Å². The molecule has 0 saturated carbocycles. The first-order valence-corrected chi connectivity index (χ1v) is 19.6.